The Bertz CT molecular complexity index is 1340. The van der Waals surface area contributed by atoms with Crippen molar-refractivity contribution in [3.8, 4) is 0 Å². The molecular formula is C60H109NO10. The highest BCUT2D eigenvalue weighted by atomic mass is 16.7. The third-order valence-electron chi connectivity index (χ3n) is 13.7. The molecule has 0 aromatic carbocycles. The van der Waals surface area contributed by atoms with E-state index in [9.17, 15) is 35.1 Å². The van der Waals surface area contributed by atoms with Gasteiger partial charge >= 0.3 is 5.97 Å². The first-order chi connectivity index (χ1) is 34.7. The summed E-state index contributed by atoms with van der Waals surface area (Å²) in [6.07, 6.45) is 47.2. The van der Waals surface area contributed by atoms with E-state index in [1.165, 1.54) is 122 Å². The topological polar surface area (TPSA) is 175 Å². The highest BCUT2D eigenvalue weighted by Gasteiger charge is 2.47. The first-order valence-electron chi connectivity index (χ1n) is 29.4. The highest BCUT2D eigenvalue weighted by molar-refractivity contribution is 5.80. The van der Waals surface area contributed by atoms with Gasteiger partial charge in [0.1, 0.15) is 24.4 Å². The van der Waals surface area contributed by atoms with E-state index < -0.39 is 67.4 Å². The Morgan fingerprint density at radius 2 is 0.972 bits per heavy atom. The minimum absolute atomic E-state index is 0.110. The van der Waals surface area contributed by atoms with Crippen molar-refractivity contribution in [2.24, 2.45) is 0 Å². The summed E-state index contributed by atoms with van der Waals surface area (Å²) < 4.78 is 17.6. The van der Waals surface area contributed by atoms with Crippen LogP contribution >= 0.6 is 0 Å². The van der Waals surface area contributed by atoms with Crippen LogP contribution in [-0.2, 0) is 23.8 Å². The third kappa shape index (κ3) is 37.1. The van der Waals surface area contributed by atoms with Crippen molar-refractivity contribution in [1.29, 1.82) is 0 Å². The van der Waals surface area contributed by atoms with Crippen LogP contribution in [-0.4, -0.2) is 99.6 Å². The van der Waals surface area contributed by atoms with Crippen LogP contribution in [0.15, 0.2) is 48.6 Å². The van der Waals surface area contributed by atoms with Crippen LogP contribution in [0, 0.1) is 0 Å². The minimum atomic E-state index is -1.62. The number of carbonyl (C=O) groups is 2. The summed E-state index contributed by atoms with van der Waals surface area (Å²) in [7, 11) is 0. The molecule has 1 aliphatic rings. The lowest BCUT2D eigenvalue weighted by Crippen LogP contribution is -2.61. The van der Waals surface area contributed by atoms with E-state index in [1.54, 1.807) is 6.08 Å². The molecule has 8 unspecified atom stereocenters. The number of hydrogen-bond donors (Lipinski definition) is 6. The number of rotatable bonds is 49. The number of amides is 1. The lowest BCUT2D eigenvalue weighted by molar-refractivity contribution is -0.305. The SMILES string of the molecule is CCCCC/C=C\C/C=C\C/C=C\CCCCCCCCC(=O)OC1C(OCC(NC(=O)C(O)CCCCCCCCCCCCCC)C(O)/C=C/CCCCCCCCCCC)OC(CO)C(O)C1O. The molecule has 0 spiro atoms. The van der Waals surface area contributed by atoms with Gasteiger partial charge in [0.05, 0.1) is 25.4 Å². The van der Waals surface area contributed by atoms with E-state index in [0.29, 0.717) is 19.3 Å². The maximum atomic E-state index is 13.3. The average molecular weight is 1000 g/mol. The number of aliphatic hydroxyl groups excluding tert-OH is 5. The summed E-state index contributed by atoms with van der Waals surface area (Å²) in [5.74, 6) is -1.20. The number of unbranched alkanes of at least 4 members (excludes halogenated alkanes) is 29. The van der Waals surface area contributed by atoms with Crippen LogP contribution in [0.4, 0.5) is 0 Å². The van der Waals surface area contributed by atoms with Crippen molar-refractivity contribution >= 4 is 11.9 Å². The predicted molar refractivity (Wildman–Crippen MR) is 292 cm³/mol. The second-order valence-corrected chi connectivity index (χ2v) is 20.4. The molecule has 0 aliphatic carbocycles. The molecule has 11 heteroatoms. The van der Waals surface area contributed by atoms with E-state index in [0.717, 1.165) is 89.9 Å². The standard InChI is InChI=1S/C60H109NO10/c1-4-7-10-13-16-19-22-24-25-26-27-28-29-30-33-36-39-42-45-48-55(65)71-58-57(67)56(66)54(49-62)70-60(58)69-50-51(52(63)46-43-40-37-34-31-21-18-15-12-9-6-3)61-59(68)53(64)47-44-41-38-35-32-23-20-17-14-11-8-5-2/h16,19,24-25,27-28,43,46,51-54,56-58,60,62-64,66-67H,4-15,17-18,20-23,26,29-42,44-45,47-50H2,1-3H3,(H,61,68)/b19-16-,25-24-,28-27-,46-43+. The number of nitrogens with one attached hydrogen (secondary N) is 1. The Morgan fingerprint density at radius 1 is 0.549 bits per heavy atom. The van der Waals surface area contributed by atoms with Crippen molar-refractivity contribution in [1.82, 2.24) is 5.32 Å². The maximum absolute atomic E-state index is 13.3. The fourth-order valence-electron chi connectivity index (χ4n) is 9.01. The molecule has 1 rings (SSSR count). The minimum Gasteiger partial charge on any atom is -0.454 e. The number of aliphatic hydroxyl groups is 5. The van der Waals surface area contributed by atoms with Crippen LogP contribution < -0.4 is 5.32 Å². The van der Waals surface area contributed by atoms with E-state index in [-0.39, 0.29) is 13.0 Å². The summed E-state index contributed by atoms with van der Waals surface area (Å²) >= 11 is 0. The lowest BCUT2D eigenvalue weighted by Gasteiger charge is -2.41. The van der Waals surface area contributed by atoms with Crippen molar-refractivity contribution in [2.75, 3.05) is 13.2 Å². The smallest absolute Gasteiger partial charge is 0.306 e. The van der Waals surface area contributed by atoms with Crippen LogP contribution in [0.1, 0.15) is 258 Å². The first kappa shape index (κ1) is 66.6. The molecule has 1 aliphatic heterocycles. The highest BCUT2D eigenvalue weighted by Crippen LogP contribution is 2.26. The Kier molecular flexibility index (Phi) is 45.6. The molecule has 1 amide bonds. The Balaban J connectivity index is 2.69. The largest absolute Gasteiger partial charge is 0.454 e. The van der Waals surface area contributed by atoms with Crippen LogP contribution in [0.2, 0.25) is 0 Å². The van der Waals surface area contributed by atoms with Crippen LogP contribution in [0.5, 0.6) is 0 Å². The first-order valence-corrected chi connectivity index (χ1v) is 29.4. The summed E-state index contributed by atoms with van der Waals surface area (Å²) in [5, 5.41) is 56.8. The molecule has 1 saturated heterocycles. The third-order valence-corrected chi connectivity index (χ3v) is 13.7. The van der Waals surface area contributed by atoms with Gasteiger partial charge in [-0.25, -0.2) is 0 Å². The number of allylic oxidation sites excluding steroid dienone is 7. The fraction of sp³-hybridized carbons (Fsp3) is 0.833. The van der Waals surface area contributed by atoms with Gasteiger partial charge in [0.15, 0.2) is 12.4 Å². The molecule has 1 heterocycles. The molecule has 8 atom stereocenters. The van der Waals surface area contributed by atoms with E-state index in [2.05, 4.69) is 62.5 Å². The van der Waals surface area contributed by atoms with Gasteiger partial charge in [0.25, 0.3) is 0 Å². The molecule has 414 valence electrons. The normalized spacial score (nSPS) is 19.9. The van der Waals surface area contributed by atoms with Crippen LogP contribution in [0.25, 0.3) is 0 Å². The molecule has 0 radical (unpaired) electrons. The van der Waals surface area contributed by atoms with Crippen molar-refractivity contribution in [3.63, 3.8) is 0 Å². The molecule has 0 bridgehead atoms. The fourth-order valence-corrected chi connectivity index (χ4v) is 9.01. The molecule has 71 heavy (non-hydrogen) atoms. The van der Waals surface area contributed by atoms with E-state index in [4.69, 9.17) is 14.2 Å². The summed E-state index contributed by atoms with van der Waals surface area (Å²) in [4.78, 5) is 26.4. The van der Waals surface area contributed by atoms with Gasteiger partial charge in [-0.05, 0) is 64.2 Å². The van der Waals surface area contributed by atoms with Gasteiger partial charge in [-0.15, -0.1) is 0 Å². The molecule has 1 fully saturated rings. The molecule has 0 aromatic heterocycles. The molecule has 0 aromatic rings. The van der Waals surface area contributed by atoms with Gasteiger partial charge in [0, 0.05) is 6.42 Å². The number of esters is 1. The van der Waals surface area contributed by atoms with E-state index >= 15 is 0 Å². The zero-order chi connectivity index (χ0) is 51.8. The number of ether oxygens (including phenoxy) is 3. The zero-order valence-electron chi connectivity index (χ0n) is 45.6. The van der Waals surface area contributed by atoms with Crippen molar-refractivity contribution < 1.29 is 49.3 Å². The second kappa shape index (κ2) is 48.6. The molecule has 6 N–H and O–H groups in total. The lowest BCUT2D eigenvalue weighted by atomic mass is 9.99. The summed E-state index contributed by atoms with van der Waals surface area (Å²) in [5.41, 5.74) is 0. The quantitative estimate of drug-likeness (QED) is 0.0195. The van der Waals surface area contributed by atoms with Gasteiger partial charge in [0.2, 0.25) is 5.91 Å². The van der Waals surface area contributed by atoms with Gasteiger partial charge < -0.3 is 45.1 Å². The number of hydrogen-bond acceptors (Lipinski definition) is 10. The zero-order valence-corrected chi connectivity index (χ0v) is 45.6. The molecule has 11 nitrogen and oxygen atoms in total. The molecular weight excluding hydrogens is 895 g/mol. The predicted octanol–water partition coefficient (Wildman–Crippen LogP) is 13.3. The second-order valence-electron chi connectivity index (χ2n) is 20.4. The summed E-state index contributed by atoms with van der Waals surface area (Å²) in [6.45, 7) is 5.74. The van der Waals surface area contributed by atoms with Gasteiger partial charge in [-0.1, -0.05) is 236 Å². The number of carbonyl (C=O) groups excluding carboxylic acids is 2. The Hall–Kier alpha value is -2.38. The van der Waals surface area contributed by atoms with Gasteiger partial charge in [-0.3, -0.25) is 9.59 Å². The monoisotopic (exact) mass is 1000 g/mol. The van der Waals surface area contributed by atoms with E-state index in [1.807, 2.05) is 6.08 Å². The average Bonchev–Trinajstić information content (AvgIpc) is 3.37. The summed E-state index contributed by atoms with van der Waals surface area (Å²) in [6, 6.07) is -1.02. The van der Waals surface area contributed by atoms with Crippen molar-refractivity contribution in [3.05, 3.63) is 48.6 Å². The van der Waals surface area contributed by atoms with Crippen LogP contribution in [0.3, 0.4) is 0 Å². The Morgan fingerprint density at radius 3 is 1.48 bits per heavy atom. The Labute approximate surface area is 434 Å². The maximum Gasteiger partial charge on any atom is 0.306 e. The van der Waals surface area contributed by atoms with Crippen molar-refractivity contribution in [2.45, 2.75) is 307 Å². The molecule has 0 saturated carbocycles. The van der Waals surface area contributed by atoms with Gasteiger partial charge in [-0.2, -0.15) is 0 Å².